The summed E-state index contributed by atoms with van der Waals surface area (Å²) in [5, 5.41) is 6.57. The Morgan fingerprint density at radius 1 is 0.739 bits per heavy atom. The third-order valence-corrected chi connectivity index (χ3v) is 3.35. The second-order valence-electron chi connectivity index (χ2n) is 5.35. The van der Waals surface area contributed by atoms with Gasteiger partial charge in [0.15, 0.2) is 0 Å². The number of aromatic nitrogens is 2. The van der Waals surface area contributed by atoms with Crippen LogP contribution in [-0.4, -0.2) is 24.1 Å². The minimum atomic E-state index is 0.745. The maximum absolute atomic E-state index is 4.27. The molecule has 5 nitrogen and oxygen atoms in total. The summed E-state index contributed by atoms with van der Waals surface area (Å²) in [6.07, 6.45) is 1.55. The molecule has 116 valence electrons. The van der Waals surface area contributed by atoms with Gasteiger partial charge in [0, 0.05) is 37.2 Å². The van der Waals surface area contributed by atoms with Crippen molar-refractivity contribution in [2.24, 2.45) is 0 Å². The van der Waals surface area contributed by atoms with Gasteiger partial charge < -0.3 is 15.5 Å². The minimum absolute atomic E-state index is 0.745. The van der Waals surface area contributed by atoms with E-state index in [0.29, 0.717) is 0 Å². The molecule has 2 N–H and O–H groups in total. The van der Waals surface area contributed by atoms with Crippen LogP contribution in [0.3, 0.4) is 0 Å². The van der Waals surface area contributed by atoms with Crippen molar-refractivity contribution in [3.63, 3.8) is 0 Å². The van der Waals surface area contributed by atoms with Crippen molar-refractivity contribution in [1.29, 1.82) is 0 Å². The highest BCUT2D eigenvalue weighted by Gasteiger charge is 2.02. The van der Waals surface area contributed by atoms with Gasteiger partial charge in [-0.3, -0.25) is 0 Å². The second kappa shape index (κ2) is 6.79. The van der Waals surface area contributed by atoms with Gasteiger partial charge in [0.05, 0.1) is 0 Å². The van der Waals surface area contributed by atoms with Crippen LogP contribution >= 0.6 is 0 Å². The molecule has 0 atom stereocenters. The Kier molecular flexibility index (Phi) is 4.38. The Morgan fingerprint density at radius 3 is 2.09 bits per heavy atom. The molecular weight excluding hydrogens is 286 g/mol. The average molecular weight is 305 g/mol. The Balaban J connectivity index is 1.76. The Hall–Kier alpha value is -3.08. The number of hydrogen-bond acceptors (Lipinski definition) is 5. The van der Waals surface area contributed by atoms with Crippen LogP contribution in [-0.2, 0) is 0 Å². The van der Waals surface area contributed by atoms with Gasteiger partial charge in [-0.2, -0.15) is 0 Å². The molecule has 0 saturated heterocycles. The third kappa shape index (κ3) is 3.97. The summed E-state index contributed by atoms with van der Waals surface area (Å²) >= 11 is 0. The van der Waals surface area contributed by atoms with Gasteiger partial charge in [-0.05, 0) is 30.3 Å². The lowest BCUT2D eigenvalue weighted by molar-refractivity contribution is 1.13. The number of rotatable bonds is 5. The van der Waals surface area contributed by atoms with Crippen molar-refractivity contribution in [3.05, 3.63) is 67.0 Å². The van der Waals surface area contributed by atoms with E-state index in [0.717, 1.165) is 28.7 Å². The zero-order valence-electron chi connectivity index (χ0n) is 13.2. The van der Waals surface area contributed by atoms with Crippen LogP contribution in [0.4, 0.5) is 28.7 Å². The third-order valence-electron chi connectivity index (χ3n) is 3.35. The van der Waals surface area contributed by atoms with E-state index in [1.54, 1.807) is 6.33 Å². The molecule has 2 aromatic carbocycles. The topological polar surface area (TPSA) is 53.1 Å². The maximum atomic E-state index is 4.27. The van der Waals surface area contributed by atoms with Crippen LogP contribution in [0.1, 0.15) is 0 Å². The average Bonchev–Trinajstić information content (AvgIpc) is 2.56. The normalized spacial score (nSPS) is 10.2. The molecule has 0 saturated carbocycles. The number of anilines is 5. The molecule has 5 heteroatoms. The molecule has 0 bridgehead atoms. The zero-order valence-corrected chi connectivity index (χ0v) is 13.2. The first-order valence-electron chi connectivity index (χ1n) is 7.39. The highest BCUT2D eigenvalue weighted by Crippen LogP contribution is 2.22. The molecule has 1 heterocycles. The number of hydrogen-bond donors (Lipinski definition) is 2. The quantitative estimate of drug-likeness (QED) is 0.745. The van der Waals surface area contributed by atoms with Crippen molar-refractivity contribution in [2.75, 3.05) is 29.6 Å². The highest BCUT2D eigenvalue weighted by atomic mass is 15.1. The smallest absolute Gasteiger partial charge is 0.135 e. The summed E-state index contributed by atoms with van der Waals surface area (Å²) in [5.74, 6) is 1.49. The molecule has 0 radical (unpaired) electrons. The van der Waals surface area contributed by atoms with Crippen LogP contribution in [0, 0.1) is 0 Å². The largest absolute Gasteiger partial charge is 0.378 e. The summed E-state index contributed by atoms with van der Waals surface area (Å²) in [5.41, 5.74) is 3.11. The number of benzene rings is 2. The van der Waals surface area contributed by atoms with Crippen LogP contribution in [0.25, 0.3) is 0 Å². The lowest BCUT2D eigenvalue weighted by Crippen LogP contribution is -2.08. The van der Waals surface area contributed by atoms with Gasteiger partial charge in [0.1, 0.15) is 18.0 Å². The van der Waals surface area contributed by atoms with E-state index in [1.165, 1.54) is 0 Å². The molecule has 0 spiro atoms. The predicted molar refractivity (Wildman–Crippen MR) is 95.8 cm³/mol. The number of nitrogens with zero attached hydrogens (tertiary/aromatic N) is 3. The van der Waals surface area contributed by atoms with Gasteiger partial charge in [-0.1, -0.05) is 24.3 Å². The first kappa shape index (κ1) is 14.8. The summed E-state index contributed by atoms with van der Waals surface area (Å²) in [4.78, 5) is 10.6. The van der Waals surface area contributed by atoms with Gasteiger partial charge in [-0.25, -0.2) is 9.97 Å². The molecule has 3 rings (SSSR count). The predicted octanol–water partition coefficient (Wildman–Crippen LogP) is 4.03. The number of para-hydroxylation sites is 1. The molecular formula is C18H19N5. The summed E-state index contributed by atoms with van der Waals surface area (Å²) in [6.45, 7) is 0. The molecule has 0 amide bonds. The zero-order chi connectivity index (χ0) is 16.1. The van der Waals surface area contributed by atoms with E-state index in [9.17, 15) is 0 Å². The molecule has 3 aromatic rings. The lowest BCUT2D eigenvalue weighted by atomic mass is 10.2. The first-order valence-corrected chi connectivity index (χ1v) is 7.39. The summed E-state index contributed by atoms with van der Waals surface area (Å²) < 4.78 is 0. The maximum Gasteiger partial charge on any atom is 0.135 e. The van der Waals surface area contributed by atoms with E-state index in [4.69, 9.17) is 0 Å². The molecule has 0 aliphatic heterocycles. The van der Waals surface area contributed by atoms with Crippen LogP contribution in [0.2, 0.25) is 0 Å². The summed E-state index contributed by atoms with van der Waals surface area (Å²) in [7, 11) is 4.04. The van der Waals surface area contributed by atoms with E-state index >= 15 is 0 Å². The summed E-state index contributed by atoms with van der Waals surface area (Å²) in [6, 6.07) is 20.0. The van der Waals surface area contributed by atoms with E-state index < -0.39 is 0 Å². The Bertz CT molecular complexity index is 771. The first-order chi connectivity index (χ1) is 11.2. The molecule has 0 aliphatic carbocycles. The van der Waals surface area contributed by atoms with Crippen molar-refractivity contribution in [3.8, 4) is 0 Å². The van der Waals surface area contributed by atoms with Gasteiger partial charge in [0.25, 0.3) is 0 Å². The van der Waals surface area contributed by atoms with Gasteiger partial charge in [0.2, 0.25) is 0 Å². The minimum Gasteiger partial charge on any atom is -0.378 e. The Labute approximate surface area is 136 Å². The van der Waals surface area contributed by atoms with Crippen LogP contribution in [0.5, 0.6) is 0 Å². The fourth-order valence-corrected chi connectivity index (χ4v) is 2.17. The van der Waals surface area contributed by atoms with Crippen molar-refractivity contribution in [1.82, 2.24) is 9.97 Å². The van der Waals surface area contributed by atoms with Crippen LogP contribution in [0.15, 0.2) is 67.0 Å². The molecule has 0 unspecified atom stereocenters. The van der Waals surface area contributed by atoms with E-state index in [2.05, 4.69) is 37.6 Å². The van der Waals surface area contributed by atoms with Crippen molar-refractivity contribution in [2.45, 2.75) is 0 Å². The highest BCUT2D eigenvalue weighted by molar-refractivity contribution is 5.65. The van der Waals surface area contributed by atoms with E-state index in [-0.39, 0.29) is 0 Å². The van der Waals surface area contributed by atoms with E-state index in [1.807, 2.05) is 62.6 Å². The molecule has 23 heavy (non-hydrogen) atoms. The lowest BCUT2D eigenvalue weighted by Gasteiger charge is -2.14. The molecule has 0 aliphatic rings. The van der Waals surface area contributed by atoms with Crippen molar-refractivity contribution < 1.29 is 0 Å². The SMILES string of the molecule is CN(C)c1cccc(Nc2cc(Nc3ccccc3)ncn2)c1. The fourth-order valence-electron chi connectivity index (χ4n) is 2.17. The number of nitrogens with one attached hydrogen (secondary N) is 2. The molecule has 0 fully saturated rings. The van der Waals surface area contributed by atoms with Gasteiger partial charge in [-0.15, -0.1) is 0 Å². The standard InChI is InChI=1S/C18H19N5/c1-23(2)16-10-6-9-15(11-16)22-18-12-17(19-13-20-18)21-14-7-4-3-5-8-14/h3-13H,1-2H3,(H2,19,20,21,22). The molecule has 1 aromatic heterocycles. The van der Waals surface area contributed by atoms with Crippen molar-refractivity contribution >= 4 is 28.7 Å². The van der Waals surface area contributed by atoms with Crippen LogP contribution < -0.4 is 15.5 Å². The fraction of sp³-hybridized carbons (Fsp3) is 0.111. The monoisotopic (exact) mass is 305 g/mol. The second-order valence-corrected chi connectivity index (χ2v) is 5.35. The Morgan fingerprint density at radius 2 is 1.39 bits per heavy atom. The van der Waals surface area contributed by atoms with Gasteiger partial charge >= 0.3 is 0 Å².